The van der Waals surface area contributed by atoms with Gasteiger partial charge in [0, 0.05) is 37.6 Å². The standard InChI is InChI=1S/C23H32N2O5S2/c1-7-25(8-2)32(27,28)23-21(22(26)30-6)18-11-12-24(14-20(18)31-23)13-17-9-10-19(29-5)16(4)15(17)3/h9-10H,7-8,11-14H2,1-6H3. The van der Waals surface area contributed by atoms with Crippen LogP contribution in [0.15, 0.2) is 16.3 Å². The fraction of sp³-hybridized carbons (Fsp3) is 0.522. The Labute approximate surface area is 195 Å². The number of hydrogen-bond acceptors (Lipinski definition) is 7. The molecule has 0 aliphatic carbocycles. The zero-order chi connectivity index (χ0) is 23.6. The first-order valence-corrected chi connectivity index (χ1v) is 13.0. The third-order valence-corrected chi connectivity index (χ3v) is 10.00. The van der Waals surface area contributed by atoms with Crippen molar-refractivity contribution in [3.05, 3.63) is 44.8 Å². The molecule has 0 N–H and O–H groups in total. The molecule has 0 fully saturated rings. The van der Waals surface area contributed by atoms with Gasteiger partial charge < -0.3 is 9.47 Å². The summed E-state index contributed by atoms with van der Waals surface area (Å²) in [6.07, 6.45) is 0.609. The molecule has 1 aromatic carbocycles. The van der Waals surface area contributed by atoms with Gasteiger partial charge in [-0.3, -0.25) is 4.90 Å². The van der Waals surface area contributed by atoms with E-state index < -0.39 is 16.0 Å². The Kier molecular flexibility index (Phi) is 7.65. The average Bonchev–Trinajstić information content (AvgIpc) is 3.17. The third-order valence-electron chi connectivity index (χ3n) is 6.24. The van der Waals surface area contributed by atoms with E-state index in [1.165, 1.54) is 33.9 Å². The van der Waals surface area contributed by atoms with E-state index in [9.17, 15) is 13.2 Å². The molecule has 0 amide bonds. The van der Waals surface area contributed by atoms with Gasteiger partial charge in [0.15, 0.2) is 0 Å². The summed E-state index contributed by atoms with van der Waals surface area (Å²) in [5.74, 6) is 0.294. The van der Waals surface area contributed by atoms with Crippen LogP contribution in [0.5, 0.6) is 5.75 Å². The van der Waals surface area contributed by atoms with E-state index in [1.54, 1.807) is 21.0 Å². The fourth-order valence-corrected chi connectivity index (χ4v) is 7.75. The molecule has 0 spiro atoms. The van der Waals surface area contributed by atoms with Crippen molar-refractivity contribution in [1.29, 1.82) is 0 Å². The normalized spacial score (nSPS) is 14.5. The third kappa shape index (κ3) is 4.44. The summed E-state index contributed by atoms with van der Waals surface area (Å²) < 4.78 is 38.4. The molecular formula is C23H32N2O5S2. The Morgan fingerprint density at radius 3 is 2.44 bits per heavy atom. The first-order chi connectivity index (χ1) is 15.2. The summed E-state index contributed by atoms with van der Waals surface area (Å²) in [7, 11) is -0.789. The van der Waals surface area contributed by atoms with Crippen LogP contribution in [-0.2, 0) is 34.3 Å². The van der Waals surface area contributed by atoms with Gasteiger partial charge in [-0.2, -0.15) is 4.31 Å². The smallest absolute Gasteiger partial charge is 0.340 e. The van der Waals surface area contributed by atoms with Crippen LogP contribution in [0.2, 0.25) is 0 Å². The minimum Gasteiger partial charge on any atom is -0.496 e. The number of sulfonamides is 1. The summed E-state index contributed by atoms with van der Waals surface area (Å²) in [5.41, 5.74) is 4.57. The first kappa shape index (κ1) is 24.7. The number of fused-ring (bicyclic) bond motifs is 1. The molecule has 0 radical (unpaired) electrons. The highest BCUT2D eigenvalue weighted by molar-refractivity contribution is 7.91. The van der Waals surface area contributed by atoms with Crippen molar-refractivity contribution in [1.82, 2.24) is 9.21 Å². The quantitative estimate of drug-likeness (QED) is 0.536. The van der Waals surface area contributed by atoms with E-state index in [0.29, 0.717) is 26.1 Å². The topological polar surface area (TPSA) is 76.2 Å². The summed E-state index contributed by atoms with van der Waals surface area (Å²) in [4.78, 5) is 15.8. The van der Waals surface area contributed by atoms with Crippen molar-refractivity contribution in [2.24, 2.45) is 0 Å². The minimum atomic E-state index is -3.76. The van der Waals surface area contributed by atoms with E-state index in [4.69, 9.17) is 9.47 Å². The molecule has 0 saturated heterocycles. The summed E-state index contributed by atoms with van der Waals surface area (Å²) in [6, 6.07) is 4.07. The number of carbonyl (C=O) groups is 1. The molecular weight excluding hydrogens is 448 g/mol. The monoisotopic (exact) mass is 480 g/mol. The van der Waals surface area contributed by atoms with Crippen LogP contribution in [0, 0.1) is 13.8 Å². The van der Waals surface area contributed by atoms with Gasteiger partial charge in [-0.25, -0.2) is 13.2 Å². The Morgan fingerprint density at radius 1 is 1.16 bits per heavy atom. The molecule has 32 heavy (non-hydrogen) atoms. The number of nitrogens with zero attached hydrogens (tertiary/aromatic N) is 2. The molecule has 1 aliphatic heterocycles. The van der Waals surface area contributed by atoms with E-state index in [1.807, 2.05) is 6.07 Å². The Bertz CT molecular complexity index is 1100. The van der Waals surface area contributed by atoms with Crippen LogP contribution >= 0.6 is 11.3 Å². The van der Waals surface area contributed by atoms with Crippen molar-refractivity contribution in [3.63, 3.8) is 0 Å². The van der Waals surface area contributed by atoms with Crippen molar-refractivity contribution in [2.45, 2.75) is 51.4 Å². The Morgan fingerprint density at radius 2 is 1.84 bits per heavy atom. The van der Waals surface area contributed by atoms with Crippen LogP contribution in [0.4, 0.5) is 0 Å². The minimum absolute atomic E-state index is 0.108. The maximum atomic E-state index is 13.3. The second kappa shape index (κ2) is 9.91. The number of benzene rings is 1. The number of carbonyl (C=O) groups excluding carboxylic acids is 1. The lowest BCUT2D eigenvalue weighted by Crippen LogP contribution is -2.31. The molecule has 2 heterocycles. The number of hydrogen-bond donors (Lipinski definition) is 0. The zero-order valence-electron chi connectivity index (χ0n) is 19.6. The highest BCUT2D eigenvalue weighted by Crippen LogP contribution is 2.38. The van der Waals surface area contributed by atoms with Crippen molar-refractivity contribution < 1.29 is 22.7 Å². The summed E-state index contributed by atoms with van der Waals surface area (Å²) in [6.45, 7) is 10.5. The molecule has 1 aromatic heterocycles. The Hall–Kier alpha value is -1.94. The molecule has 0 unspecified atom stereocenters. The van der Waals surface area contributed by atoms with Crippen molar-refractivity contribution >= 4 is 27.3 Å². The Balaban J connectivity index is 1.96. The van der Waals surface area contributed by atoms with Gasteiger partial charge in [-0.05, 0) is 48.6 Å². The van der Waals surface area contributed by atoms with Crippen LogP contribution < -0.4 is 4.74 Å². The van der Waals surface area contributed by atoms with Gasteiger partial charge in [-0.1, -0.05) is 19.9 Å². The van der Waals surface area contributed by atoms with Crippen LogP contribution in [0.3, 0.4) is 0 Å². The van der Waals surface area contributed by atoms with E-state index in [2.05, 4.69) is 24.8 Å². The summed E-state index contributed by atoms with van der Waals surface area (Å²) in [5, 5.41) is 0. The molecule has 7 nitrogen and oxygen atoms in total. The lowest BCUT2D eigenvalue weighted by atomic mass is 9.99. The van der Waals surface area contributed by atoms with E-state index in [-0.39, 0.29) is 9.77 Å². The molecule has 1 aliphatic rings. The number of rotatable bonds is 8. The second-order valence-corrected chi connectivity index (χ2v) is 11.1. The van der Waals surface area contributed by atoms with Gasteiger partial charge in [0.25, 0.3) is 10.0 Å². The fourth-order valence-electron chi connectivity index (χ4n) is 4.22. The zero-order valence-corrected chi connectivity index (χ0v) is 21.3. The molecule has 0 bridgehead atoms. The van der Waals surface area contributed by atoms with Gasteiger partial charge >= 0.3 is 5.97 Å². The molecule has 2 aromatic rings. The number of thiophene rings is 1. The maximum Gasteiger partial charge on any atom is 0.340 e. The van der Waals surface area contributed by atoms with Gasteiger partial charge in [0.1, 0.15) is 9.96 Å². The van der Waals surface area contributed by atoms with E-state index >= 15 is 0 Å². The summed E-state index contributed by atoms with van der Waals surface area (Å²) >= 11 is 1.21. The number of methoxy groups -OCH3 is 2. The largest absolute Gasteiger partial charge is 0.496 e. The lowest BCUT2D eigenvalue weighted by molar-refractivity contribution is 0.0595. The lowest BCUT2D eigenvalue weighted by Gasteiger charge is -2.28. The highest BCUT2D eigenvalue weighted by atomic mass is 32.2. The van der Waals surface area contributed by atoms with Crippen LogP contribution in [0.25, 0.3) is 0 Å². The predicted octanol–water partition coefficient (Wildman–Crippen LogP) is 3.75. The van der Waals surface area contributed by atoms with Gasteiger partial charge in [-0.15, -0.1) is 11.3 Å². The van der Waals surface area contributed by atoms with Crippen molar-refractivity contribution in [2.75, 3.05) is 33.9 Å². The number of esters is 1. The van der Waals surface area contributed by atoms with Gasteiger partial charge in [0.2, 0.25) is 0 Å². The SMILES string of the molecule is CCN(CC)S(=O)(=O)c1sc2c(c1C(=O)OC)CCN(Cc1ccc(OC)c(C)c1C)C2. The molecule has 9 heteroatoms. The molecule has 176 valence electrons. The molecule has 3 rings (SSSR count). The van der Waals surface area contributed by atoms with Crippen LogP contribution in [0.1, 0.15) is 51.3 Å². The average molecular weight is 481 g/mol. The van der Waals surface area contributed by atoms with Crippen molar-refractivity contribution in [3.8, 4) is 5.75 Å². The van der Waals surface area contributed by atoms with E-state index in [0.717, 1.165) is 34.8 Å². The highest BCUT2D eigenvalue weighted by Gasteiger charge is 2.36. The van der Waals surface area contributed by atoms with Gasteiger partial charge in [0.05, 0.1) is 19.8 Å². The molecule has 0 atom stereocenters. The second-order valence-electron chi connectivity index (χ2n) is 7.88. The number of ether oxygens (including phenoxy) is 2. The molecule has 0 saturated carbocycles. The first-order valence-electron chi connectivity index (χ1n) is 10.8. The van der Waals surface area contributed by atoms with Crippen LogP contribution in [-0.4, -0.2) is 57.4 Å². The predicted molar refractivity (Wildman–Crippen MR) is 126 cm³/mol. The maximum absolute atomic E-state index is 13.3.